The quantitative estimate of drug-likeness (QED) is 0.310. The van der Waals surface area contributed by atoms with Crippen molar-refractivity contribution in [1.29, 1.82) is 0 Å². The molecule has 3 rings (SSSR count). The van der Waals surface area contributed by atoms with Gasteiger partial charge in [0.2, 0.25) is 0 Å². The van der Waals surface area contributed by atoms with Crippen LogP contribution in [0.3, 0.4) is 0 Å². The van der Waals surface area contributed by atoms with Crippen LogP contribution in [0.1, 0.15) is 51.5 Å². The summed E-state index contributed by atoms with van der Waals surface area (Å²) < 4.78 is 23.2. The number of para-hydroxylation sites is 1. The molecule has 2 atom stereocenters. The molecule has 0 saturated heterocycles. The topological polar surface area (TPSA) is 36.9 Å². The zero-order valence-corrected chi connectivity index (χ0v) is 18.2. The van der Waals surface area contributed by atoms with Crippen LogP contribution < -0.4 is 9.47 Å². The van der Waals surface area contributed by atoms with Crippen LogP contribution in [-0.2, 0) is 9.47 Å². The first kappa shape index (κ1) is 22.0. The van der Waals surface area contributed by atoms with E-state index in [-0.39, 0.29) is 6.29 Å². The van der Waals surface area contributed by atoms with Gasteiger partial charge in [0.05, 0.1) is 12.4 Å². The summed E-state index contributed by atoms with van der Waals surface area (Å²) in [5.74, 6) is 4.15. The maximum Gasteiger partial charge on any atom is 0.197 e. The van der Waals surface area contributed by atoms with Crippen molar-refractivity contribution in [3.63, 3.8) is 0 Å². The van der Waals surface area contributed by atoms with Crippen LogP contribution in [0.15, 0.2) is 78.3 Å². The normalized spacial score (nSPS) is 15.6. The molecule has 0 bridgehead atoms. The first-order valence-corrected chi connectivity index (χ1v) is 10.8. The molecule has 0 saturated carbocycles. The molecule has 0 aromatic heterocycles. The molecule has 0 heterocycles. The summed E-state index contributed by atoms with van der Waals surface area (Å²) in [6, 6.07) is 18.1. The largest absolute Gasteiger partial charge is 0.496 e. The summed E-state index contributed by atoms with van der Waals surface area (Å²) in [5.41, 5.74) is 1.33. The molecule has 1 aliphatic rings. The van der Waals surface area contributed by atoms with Gasteiger partial charge < -0.3 is 18.9 Å². The second-order valence-corrected chi connectivity index (χ2v) is 7.46. The molecule has 0 amide bonds. The lowest BCUT2D eigenvalue weighted by molar-refractivity contribution is -0.0789. The smallest absolute Gasteiger partial charge is 0.197 e. The SMILES string of the molecule is CCC(C)c1ccc(OC(C)OCCOC2=CC=C(Oc3ccccc3)CC2)cc1. The van der Waals surface area contributed by atoms with Gasteiger partial charge in [-0.15, -0.1) is 0 Å². The molecule has 0 radical (unpaired) electrons. The first-order valence-electron chi connectivity index (χ1n) is 10.8. The van der Waals surface area contributed by atoms with E-state index in [1.807, 2.05) is 61.5 Å². The van der Waals surface area contributed by atoms with E-state index < -0.39 is 0 Å². The van der Waals surface area contributed by atoms with Crippen molar-refractivity contribution in [3.05, 3.63) is 83.8 Å². The van der Waals surface area contributed by atoms with Gasteiger partial charge >= 0.3 is 0 Å². The van der Waals surface area contributed by atoms with Crippen molar-refractivity contribution < 1.29 is 18.9 Å². The number of hydrogen-bond donors (Lipinski definition) is 0. The van der Waals surface area contributed by atoms with Crippen molar-refractivity contribution >= 4 is 0 Å². The Bertz CT molecular complexity index is 824. The van der Waals surface area contributed by atoms with Gasteiger partial charge in [0.15, 0.2) is 6.29 Å². The van der Waals surface area contributed by atoms with Crippen LogP contribution in [0.2, 0.25) is 0 Å². The Hall–Kier alpha value is -2.72. The number of hydrogen-bond acceptors (Lipinski definition) is 4. The van der Waals surface area contributed by atoms with Crippen molar-refractivity contribution in [3.8, 4) is 11.5 Å². The second-order valence-electron chi connectivity index (χ2n) is 7.46. The maximum absolute atomic E-state index is 5.86. The fourth-order valence-corrected chi connectivity index (χ4v) is 3.17. The highest BCUT2D eigenvalue weighted by atomic mass is 16.7. The molecule has 0 fully saturated rings. The number of benzene rings is 2. The molecule has 0 aliphatic heterocycles. The Morgan fingerprint density at radius 3 is 2.17 bits per heavy atom. The lowest BCUT2D eigenvalue weighted by Gasteiger charge is -2.18. The molecule has 0 spiro atoms. The molecule has 160 valence electrons. The van der Waals surface area contributed by atoms with Gasteiger partial charge in [-0.2, -0.15) is 0 Å². The molecular formula is C26H32O4. The highest BCUT2D eigenvalue weighted by molar-refractivity contribution is 5.29. The first-order chi connectivity index (χ1) is 14.6. The Kier molecular flexibility index (Phi) is 8.40. The van der Waals surface area contributed by atoms with Crippen molar-refractivity contribution in [2.45, 2.75) is 52.2 Å². The summed E-state index contributed by atoms with van der Waals surface area (Å²) in [6.07, 6.45) is 6.41. The van der Waals surface area contributed by atoms with E-state index in [1.54, 1.807) is 0 Å². The molecule has 1 aliphatic carbocycles. The maximum atomic E-state index is 5.86. The molecule has 0 N–H and O–H groups in total. The van der Waals surface area contributed by atoms with Crippen LogP contribution in [-0.4, -0.2) is 19.5 Å². The zero-order chi connectivity index (χ0) is 21.2. The standard InChI is InChI=1S/C26H32O4/c1-4-20(2)22-10-12-25(13-11-22)29-21(3)27-18-19-28-23-14-16-26(17-15-23)30-24-8-6-5-7-9-24/h5-14,16,20-21H,4,15,17-19H2,1-3H3. The third-order valence-corrected chi connectivity index (χ3v) is 5.15. The number of allylic oxidation sites excluding steroid dienone is 4. The Labute approximate surface area is 180 Å². The van der Waals surface area contributed by atoms with E-state index in [1.165, 1.54) is 5.56 Å². The average molecular weight is 409 g/mol. The molecule has 4 heteroatoms. The summed E-state index contributed by atoms with van der Waals surface area (Å²) in [6.45, 7) is 7.30. The van der Waals surface area contributed by atoms with Crippen LogP contribution in [0.25, 0.3) is 0 Å². The lowest BCUT2D eigenvalue weighted by atomic mass is 9.99. The van der Waals surface area contributed by atoms with E-state index in [0.717, 1.165) is 42.3 Å². The third-order valence-electron chi connectivity index (χ3n) is 5.15. The Balaban J connectivity index is 1.34. The molecular weight excluding hydrogens is 376 g/mol. The van der Waals surface area contributed by atoms with Crippen LogP contribution >= 0.6 is 0 Å². The summed E-state index contributed by atoms with van der Waals surface area (Å²) in [5, 5.41) is 0. The number of ether oxygens (including phenoxy) is 4. The van der Waals surface area contributed by atoms with Crippen molar-refractivity contribution in [1.82, 2.24) is 0 Å². The van der Waals surface area contributed by atoms with Gasteiger partial charge in [-0.3, -0.25) is 0 Å². The van der Waals surface area contributed by atoms with Crippen LogP contribution in [0.4, 0.5) is 0 Å². The van der Waals surface area contributed by atoms with Gasteiger partial charge in [0, 0.05) is 12.8 Å². The van der Waals surface area contributed by atoms with Gasteiger partial charge in [-0.1, -0.05) is 44.2 Å². The van der Waals surface area contributed by atoms with Gasteiger partial charge in [-0.25, -0.2) is 0 Å². The van der Waals surface area contributed by atoms with Gasteiger partial charge in [0.1, 0.15) is 23.9 Å². The molecule has 4 nitrogen and oxygen atoms in total. The van der Waals surface area contributed by atoms with E-state index >= 15 is 0 Å². The summed E-state index contributed by atoms with van der Waals surface area (Å²) in [7, 11) is 0. The van der Waals surface area contributed by atoms with E-state index in [4.69, 9.17) is 18.9 Å². The zero-order valence-electron chi connectivity index (χ0n) is 18.2. The fraction of sp³-hybridized carbons (Fsp3) is 0.385. The van der Waals surface area contributed by atoms with E-state index in [2.05, 4.69) is 26.0 Å². The van der Waals surface area contributed by atoms with E-state index in [0.29, 0.717) is 19.1 Å². The van der Waals surface area contributed by atoms with E-state index in [9.17, 15) is 0 Å². The predicted octanol–water partition coefficient (Wildman–Crippen LogP) is 6.60. The van der Waals surface area contributed by atoms with Crippen LogP contribution in [0.5, 0.6) is 11.5 Å². The fourth-order valence-electron chi connectivity index (χ4n) is 3.17. The van der Waals surface area contributed by atoms with Gasteiger partial charge in [-0.05, 0) is 61.2 Å². The number of rotatable bonds is 11. The van der Waals surface area contributed by atoms with Crippen molar-refractivity contribution in [2.24, 2.45) is 0 Å². The average Bonchev–Trinajstić information content (AvgIpc) is 2.78. The minimum atomic E-state index is -0.325. The predicted molar refractivity (Wildman–Crippen MR) is 120 cm³/mol. The molecule has 2 unspecified atom stereocenters. The highest BCUT2D eigenvalue weighted by Crippen LogP contribution is 2.23. The highest BCUT2D eigenvalue weighted by Gasteiger charge is 2.10. The third kappa shape index (κ3) is 6.96. The Morgan fingerprint density at radius 2 is 1.50 bits per heavy atom. The second kappa shape index (κ2) is 11.5. The minimum Gasteiger partial charge on any atom is -0.496 e. The lowest BCUT2D eigenvalue weighted by Crippen LogP contribution is -2.19. The molecule has 2 aromatic carbocycles. The minimum absolute atomic E-state index is 0.325. The molecule has 2 aromatic rings. The summed E-state index contributed by atoms with van der Waals surface area (Å²) >= 11 is 0. The monoisotopic (exact) mass is 408 g/mol. The van der Waals surface area contributed by atoms with Crippen LogP contribution in [0, 0.1) is 0 Å². The molecule has 30 heavy (non-hydrogen) atoms. The van der Waals surface area contributed by atoms with Crippen molar-refractivity contribution in [2.75, 3.05) is 13.2 Å². The Morgan fingerprint density at radius 1 is 0.800 bits per heavy atom. The summed E-state index contributed by atoms with van der Waals surface area (Å²) in [4.78, 5) is 0. The van der Waals surface area contributed by atoms with Gasteiger partial charge in [0.25, 0.3) is 0 Å².